The molecule has 0 saturated heterocycles. The number of rotatable bonds is 4. The van der Waals surface area contributed by atoms with Crippen molar-refractivity contribution in [1.29, 1.82) is 0 Å². The molecule has 1 N–H and O–H groups in total. The summed E-state index contributed by atoms with van der Waals surface area (Å²) in [5.41, 5.74) is 0.0180. The van der Waals surface area contributed by atoms with Crippen molar-refractivity contribution in [2.45, 2.75) is 37.9 Å². The van der Waals surface area contributed by atoms with E-state index in [0.29, 0.717) is 25.9 Å². The van der Waals surface area contributed by atoms with Crippen LogP contribution in [0.1, 0.15) is 25.3 Å². The predicted molar refractivity (Wildman–Crippen MR) is 64.7 cm³/mol. The van der Waals surface area contributed by atoms with Crippen molar-refractivity contribution in [2.24, 2.45) is 0 Å². The van der Waals surface area contributed by atoms with E-state index >= 15 is 0 Å². The summed E-state index contributed by atoms with van der Waals surface area (Å²) < 4.78 is 18.6. The Balaban J connectivity index is 1.95. The number of ether oxygens (including phenoxy) is 1. The van der Waals surface area contributed by atoms with Gasteiger partial charge in [0.05, 0.1) is 16.7 Å². The zero-order chi connectivity index (χ0) is 12.5. The topological polar surface area (TPSA) is 29.5 Å². The van der Waals surface area contributed by atoms with Gasteiger partial charge in [0.15, 0.2) is 0 Å². The highest BCUT2D eigenvalue weighted by Crippen LogP contribution is 2.37. The first-order valence-corrected chi connectivity index (χ1v) is 6.18. The molecule has 4 heteroatoms. The normalized spacial score (nSPS) is 27.9. The highest BCUT2D eigenvalue weighted by atomic mass is 35.5. The lowest BCUT2D eigenvalue weighted by molar-refractivity contribution is -0.136. The molecule has 0 aliphatic heterocycles. The van der Waals surface area contributed by atoms with Crippen LogP contribution in [0, 0.1) is 5.82 Å². The van der Waals surface area contributed by atoms with Crippen molar-refractivity contribution in [1.82, 2.24) is 0 Å². The highest BCUT2D eigenvalue weighted by Gasteiger charge is 2.43. The summed E-state index contributed by atoms with van der Waals surface area (Å²) in [6.45, 7) is 2.60. The summed E-state index contributed by atoms with van der Waals surface area (Å²) in [5.74, 6) is -0.437. The van der Waals surface area contributed by atoms with Crippen molar-refractivity contribution < 1.29 is 14.2 Å². The summed E-state index contributed by atoms with van der Waals surface area (Å²) in [5, 5.41) is 10.3. The molecule has 0 atom stereocenters. The van der Waals surface area contributed by atoms with E-state index in [0.717, 1.165) is 5.56 Å². The fourth-order valence-electron chi connectivity index (χ4n) is 2.32. The zero-order valence-electron chi connectivity index (χ0n) is 9.75. The minimum absolute atomic E-state index is 0.113. The van der Waals surface area contributed by atoms with Gasteiger partial charge in [-0.15, -0.1) is 0 Å². The van der Waals surface area contributed by atoms with Crippen LogP contribution in [-0.4, -0.2) is 23.4 Å². The van der Waals surface area contributed by atoms with Gasteiger partial charge in [0.2, 0.25) is 0 Å². The van der Waals surface area contributed by atoms with Gasteiger partial charge in [-0.05, 0) is 24.6 Å². The summed E-state index contributed by atoms with van der Waals surface area (Å²) in [6, 6.07) is 4.65. The second-order valence-electron chi connectivity index (χ2n) is 4.64. The maximum atomic E-state index is 13.2. The fraction of sp³-hybridized carbons (Fsp3) is 0.538. The molecule has 1 aliphatic rings. The van der Waals surface area contributed by atoms with E-state index in [1.54, 1.807) is 6.07 Å². The van der Waals surface area contributed by atoms with Gasteiger partial charge >= 0.3 is 0 Å². The lowest BCUT2D eigenvalue weighted by Gasteiger charge is -2.43. The third kappa shape index (κ3) is 2.97. The molecule has 94 valence electrons. The van der Waals surface area contributed by atoms with Crippen LogP contribution < -0.4 is 0 Å². The Morgan fingerprint density at radius 3 is 2.82 bits per heavy atom. The minimum atomic E-state index is -0.750. The molecule has 1 fully saturated rings. The van der Waals surface area contributed by atoms with Crippen molar-refractivity contribution in [3.05, 3.63) is 34.6 Å². The Hall–Kier alpha value is -0.640. The average molecular weight is 259 g/mol. The standard InChI is InChI=1S/C13H16ClFO2/c1-2-17-10-7-13(16,8-10)6-9-3-4-11(14)12(15)5-9/h3-5,10,16H,2,6-8H2,1H3. The summed E-state index contributed by atoms with van der Waals surface area (Å²) in [7, 11) is 0. The second kappa shape index (κ2) is 4.92. The molecule has 1 aromatic carbocycles. The van der Waals surface area contributed by atoms with Gasteiger partial charge in [-0.2, -0.15) is 0 Å². The largest absolute Gasteiger partial charge is 0.389 e. The second-order valence-corrected chi connectivity index (χ2v) is 5.04. The van der Waals surface area contributed by atoms with Gasteiger partial charge in [0.1, 0.15) is 5.82 Å². The van der Waals surface area contributed by atoms with Gasteiger partial charge in [-0.1, -0.05) is 17.7 Å². The first kappa shape index (κ1) is 12.8. The number of halogens is 2. The van der Waals surface area contributed by atoms with E-state index in [1.807, 2.05) is 6.92 Å². The number of benzene rings is 1. The third-order valence-electron chi connectivity index (χ3n) is 3.13. The van der Waals surface area contributed by atoms with Crippen molar-refractivity contribution in [2.75, 3.05) is 6.61 Å². The first-order chi connectivity index (χ1) is 8.02. The maximum Gasteiger partial charge on any atom is 0.142 e. The van der Waals surface area contributed by atoms with Crippen LogP contribution in [0.25, 0.3) is 0 Å². The fourth-order valence-corrected chi connectivity index (χ4v) is 2.43. The van der Waals surface area contributed by atoms with Gasteiger partial charge in [0.25, 0.3) is 0 Å². The Kier molecular flexibility index (Phi) is 3.71. The van der Waals surface area contributed by atoms with Crippen LogP contribution in [0.5, 0.6) is 0 Å². The van der Waals surface area contributed by atoms with Crippen LogP contribution in [0.2, 0.25) is 5.02 Å². The SMILES string of the molecule is CCOC1CC(O)(Cc2ccc(Cl)c(F)c2)C1. The Morgan fingerprint density at radius 2 is 2.24 bits per heavy atom. The molecule has 0 unspecified atom stereocenters. The van der Waals surface area contributed by atoms with E-state index in [4.69, 9.17) is 16.3 Å². The number of hydrogen-bond donors (Lipinski definition) is 1. The molecule has 0 amide bonds. The van der Waals surface area contributed by atoms with Gasteiger partial charge < -0.3 is 9.84 Å². The molecule has 0 aromatic heterocycles. The molecule has 0 heterocycles. The highest BCUT2D eigenvalue weighted by molar-refractivity contribution is 6.30. The van der Waals surface area contributed by atoms with Crippen LogP contribution >= 0.6 is 11.6 Å². The Bertz CT molecular complexity index is 402. The Labute approximate surface area is 105 Å². The van der Waals surface area contributed by atoms with Crippen molar-refractivity contribution in [3.8, 4) is 0 Å². The molecular formula is C13H16ClFO2. The van der Waals surface area contributed by atoms with Gasteiger partial charge in [0, 0.05) is 25.9 Å². The average Bonchev–Trinajstić information content (AvgIpc) is 2.22. The molecule has 1 aromatic rings. The van der Waals surface area contributed by atoms with Crippen LogP contribution in [-0.2, 0) is 11.2 Å². The molecule has 2 nitrogen and oxygen atoms in total. The van der Waals surface area contributed by atoms with Gasteiger partial charge in [-0.25, -0.2) is 4.39 Å². The summed E-state index contributed by atoms with van der Waals surface area (Å²) in [4.78, 5) is 0. The quantitative estimate of drug-likeness (QED) is 0.900. The Morgan fingerprint density at radius 1 is 1.53 bits per heavy atom. The van der Waals surface area contributed by atoms with Crippen LogP contribution in [0.15, 0.2) is 18.2 Å². The molecule has 1 saturated carbocycles. The van der Waals surface area contributed by atoms with Crippen LogP contribution in [0.4, 0.5) is 4.39 Å². The minimum Gasteiger partial charge on any atom is -0.389 e. The molecule has 0 radical (unpaired) electrons. The number of hydrogen-bond acceptors (Lipinski definition) is 2. The van der Waals surface area contributed by atoms with E-state index in [9.17, 15) is 9.50 Å². The summed E-state index contributed by atoms with van der Waals surface area (Å²) in [6.07, 6.45) is 1.82. The molecule has 0 spiro atoms. The van der Waals surface area contributed by atoms with Crippen LogP contribution in [0.3, 0.4) is 0 Å². The lowest BCUT2D eigenvalue weighted by Crippen LogP contribution is -2.49. The van der Waals surface area contributed by atoms with Gasteiger partial charge in [-0.3, -0.25) is 0 Å². The van der Waals surface area contributed by atoms with E-state index in [1.165, 1.54) is 12.1 Å². The maximum absolute atomic E-state index is 13.2. The van der Waals surface area contributed by atoms with E-state index < -0.39 is 11.4 Å². The molecule has 1 aliphatic carbocycles. The lowest BCUT2D eigenvalue weighted by atomic mass is 9.73. The van der Waals surface area contributed by atoms with E-state index in [-0.39, 0.29) is 11.1 Å². The predicted octanol–water partition coefficient (Wildman–Crippen LogP) is 2.95. The smallest absolute Gasteiger partial charge is 0.142 e. The summed E-state index contributed by atoms with van der Waals surface area (Å²) >= 11 is 5.61. The molecular weight excluding hydrogens is 243 g/mol. The first-order valence-electron chi connectivity index (χ1n) is 5.80. The van der Waals surface area contributed by atoms with Crippen molar-refractivity contribution >= 4 is 11.6 Å². The zero-order valence-corrected chi connectivity index (χ0v) is 10.5. The monoisotopic (exact) mass is 258 g/mol. The molecule has 2 rings (SSSR count). The number of aliphatic hydroxyl groups is 1. The molecule has 0 bridgehead atoms. The molecule has 17 heavy (non-hydrogen) atoms. The van der Waals surface area contributed by atoms with Crippen molar-refractivity contribution in [3.63, 3.8) is 0 Å². The van der Waals surface area contributed by atoms with E-state index in [2.05, 4.69) is 0 Å². The third-order valence-corrected chi connectivity index (χ3v) is 3.44.